The van der Waals surface area contributed by atoms with E-state index in [1.807, 2.05) is 6.07 Å². The largest absolute Gasteiger partial charge is 0.465 e. The van der Waals surface area contributed by atoms with E-state index in [2.05, 4.69) is 15.0 Å². The molecule has 0 unspecified atom stereocenters. The van der Waals surface area contributed by atoms with Crippen molar-refractivity contribution in [1.29, 1.82) is 5.26 Å². The summed E-state index contributed by atoms with van der Waals surface area (Å²) in [4.78, 5) is 11.3. The number of nitrogens with zero attached hydrogens (tertiary/aromatic N) is 4. The van der Waals surface area contributed by atoms with E-state index in [4.69, 9.17) is 5.26 Å². The number of methoxy groups -OCH3 is 1. The molecular weight excluding hydrogens is 232 g/mol. The maximum Gasteiger partial charge on any atom is 0.337 e. The number of hydrogen-bond acceptors (Lipinski definition) is 5. The quantitative estimate of drug-likeness (QED) is 0.740. The first-order chi connectivity index (χ1) is 8.67. The van der Waals surface area contributed by atoms with Crippen LogP contribution in [0.25, 0.3) is 5.69 Å². The minimum Gasteiger partial charge on any atom is -0.465 e. The normalized spacial score (nSPS) is 9.83. The van der Waals surface area contributed by atoms with Gasteiger partial charge in [0.15, 0.2) is 5.69 Å². The zero-order chi connectivity index (χ0) is 13.1. The number of rotatable bonds is 2. The average Bonchev–Trinajstić information content (AvgIpc) is 2.79. The van der Waals surface area contributed by atoms with E-state index in [9.17, 15) is 4.79 Å². The van der Waals surface area contributed by atoms with Crippen molar-refractivity contribution < 1.29 is 9.53 Å². The van der Waals surface area contributed by atoms with E-state index in [-0.39, 0.29) is 5.69 Å². The Morgan fingerprint density at radius 1 is 1.39 bits per heavy atom. The number of hydrogen-bond donors (Lipinski definition) is 0. The highest BCUT2D eigenvalue weighted by Gasteiger charge is 2.10. The van der Waals surface area contributed by atoms with Crippen molar-refractivity contribution >= 4 is 5.97 Å². The van der Waals surface area contributed by atoms with Crippen LogP contribution in [0.2, 0.25) is 0 Å². The Kier molecular flexibility index (Phi) is 3.06. The van der Waals surface area contributed by atoms with E-state index in [0.29, 0.717) is 11.3 Å². The number of ether oxygens (including phenoxy) is 1. The summed E-state index contributed by atoms with van der Waals surface area (Å²) in [6.07, 6.45) is 0. The van der Waals surface area contributed by atoms with Gasteiger partial charge in [-0.1, -0.05) is 5.21 Å². The Balaban J connectivity index is 2.38. The maximum atomic E-state index is 11.3. The monoisotopic (exact) mass is 242 g/mol. The molecule has 0 radical (unpaired) electrons. The molecule has 0 saturated heterocycles. The summed E-state index contributed by atoms with van der Waals surface area (Å²) in [5.41, 5.74) is 2.13. The molecule has 0 atom stereocenters. The summed E-state index contributed by atoms with van der Waals surface area (Å²) in [5, 5.41) is 16.4. The van der Waals surface area contributed by atoms with Gasteiger partial charge in [0.25, 0.3) is 0 Å². The van der Waals surface area contributed by atoms with Crippen molar-refractivity contribution in [2.24, 2.45) is 0 Å². The van der Waals surface area contributed by atoms with Crippen molar-refractivity contribution in [3.8, 4) is 11.8 Å². The van der Waals surface area contributed by atoms with Gasteiger partial charge in [-0.3, -0.25) is 0 Å². The number of carbonyl (C=O) groups is 1. The first-order valence-corrected chi connectivity index (χ1v) is 5.18. The average molecular weight is 242 g/mol. The Morgan fingerprint density at radius 3 is 2.56 bits per heavy atom. The maximum absolute atomic E-state index is 11.3. The molecule has 1 aromatic heterocycles. The summed E-state index contributed by atoms with van der Waals surface area (Å²) in [5.74, 6) is -0.394. The van der Waals surface area contributed by atoms with Crippen LogP contribution in [0.4, 0.5) is 0 Å². The molecule has 1 aromatic carbocycles. The molecule has 0 saturated carbocycles. The Bertz CT molecular complexity index is 623. The molecule has 0 N–H and O–H groups in total. The van der Waals surface area contributed by atoms with Gasteiger partial charge < -0.3 is 4.74 Å². The first-order valence-electron chi connectivity index (χ1n) is 5.18. The molecule has 0 spiro atoms. The molecule has 0 amide bonds. The molecule has 0 aliphatic carbocycles. The summed E-state index contributed by atoms with van der Waals surface area (Å²) >= 11 is 0. The minimum atomic E-state index is -0.394. The van der Waals surface area contributed by atoms with Crippen molar-refractivity contribution in [2.75, 3.05) is 7.11 Å². The highest BCUT2D eigenvalue weighted by Crippen LogP contribution is 2.13. The number of benzene rings is 1. The summed E-state index contributed by atoms with van der Waals surface area (Å²) in [6, 6.07) is 8.66. The van der Waals surface area contributed by atoms with Gasteiger partial charge in [0.05, 0.1) is 24.1 Å². The third kappa shape index (κ3) is 1.94. The fourth-order valence-electron chi connectivity index (χ4n) is 1.53. The van der Waals surface area contributed by atoms with E-state index in [1.54, 1.807) is 35.9 Å². The molecule has 18 heavy (non-hydrogen) atoms. The lowest BCUT2D eigenvalue weighted by atomic mass is 10.2. The van der Waals surface area contributed by atoms with Crippen molar-refractivity contribution in [1.82, 2.24) is 15.0 Å². The molecule has 0 bridgehead atoms. The van der Waals surface area contributed by atoms with Gasteiger partial charge in [-0.25, -0.2) is 9.48 Å². The Labute approximate surface area is 103 Å². The molecule has 1 heterocycles. The molecule has 6 nitrogen and oxygen atoms in total. The van der Waals surface area contributed by atoms with E-state index in [0.717, 1.165) is 5.69 Å². The summed E-state index contributed by atoms with van der Waals surface area (Å²) in [6.45, 7) is 1.76. The molecule has 0 aliphatic heterocycles. The first kappa shape index (κ1) is 11.8. The van der Waals surface area contributed by atoms with Crippen LogP contribution >= 0.6 is 0 Å². The second-order valence-corrected chi connectivity index (χ2v) is 3.59. The van der Waals surface area contributed by atoms with Gasteiger partial charge >= 0.3 is 5.97 Å². The van der Waals surface area contributed by atoms with Gasteiger partial charge in [-0.15, -0.1) is 5.10 Å². The molecule has 2 aromatic rings. The number of carbonyl (C=O) groups excluding carboxylic acids is 1. The van der Waals surface area contributed by atoms with Crippen LogP contribution in [0.3, 0.4) is 0 Å². The Hall–Kier alpha value is -2.68. The van der Waals surface area contributed by atoms with Crippen LogP contribution in [-0.4, -0.2) is 28.1 Å². The second-order valence-electron chi connectivity index (χ2n) is 3.59. The van der Waals surface area contributed by atoms with Gasteiger partial charge in [-0.05, 0) is 31.2 Å². The summed E-state index contributed by atoms with van der Waals surface area (Å²) in [7, 11) is 1.33. The predicted octanol–water partition coefficient (Wildman–Crippen LogP) is 1.23. The molecule has 6 heteroatoms. The van der Waals surface area contributed by atoms with Gasteiger partial charge in [0.1, 0.15) is 6.07 Å². The second kappa shape index (κ2) is 4.67. The molecule has 0 aliphatic rings. The van der Waals surface area contributed by atoms with Crippen molar-refractivity contribution in [2.45, 2.75) is 6.92 Å². The zero-order valence-electron chi connectivity index (χ0n) is 9.91. The summed E-state index contributed by atoms with van der Waals surface area (Å²) < 4.78 is 6.15. The van der Waals surface area contributed by atoms with Gasteiger partial charge in [0.2, 0.25) is 0 Å². The van der Waals surface area contributed by atoms with Crippen molar-refractivity contribution in [3.05, 3.63) is 41.2 Å². The predicted molar refractivity (Wildman–Crippen MR) is 62.2 cm³/mol. The SMILES string of the molecule is COC(=O)c1ccc(-n2nnc(C#N)c2C)cc1. The highest BCUT2D eigenvalue weighted by molar-refractivity contribution is 5.89. The number of nitriles is 1. The van der Waals surface area contributed by atoms with Crippen molar-refractivity contribution in [3.63, 3.8) is 0 Å². The van der Waals surface area contributed by atoms with Crippen LogP contribution in [0.5, 0.6) is 0 Å². The third-order valence-corrected chi connectivity index (χ3v) is 2.53. The smallest absolute Gasteiger partial charge is 0.337 e. The lowest BCUT2D eigenvalue weighted by Gasteiger charge is -2.04. The topological polar surface area (TPSA) is 80.8 Å². The van der Waals surface area contributed by atoms with E-state index < -0.39 is 5.97 Å². The zero-order valence-corrected chi connectivity index (χ0v) is 9.91. The lowest BCUT2D eigenvalue weighted by Crippen LogP contribution is -2.03. The number of esters is 1. The molecule has 90 valence electrons. The van der Waals surface area contributed by atoms with Gasteiger partial charge in [0, 0.05) is 0 Å². The van der Waals surface area contributed by atoms with Crippen LogP contribution in [0.1, 0.15) is 21.7 Å². The Morgan fingerprint density at radius 2 is 2.06 bits per heavy atom. The minimum absolute atomic E-state index is 0.284. The molecule has 2 rings (SSSR count). The van der Waals surface area contributed by atoms with Crippen LogP contribution in [0, 0.1) is 18.3 Å². The van der Waals surface area contributed by atoms with E-state index >= 15 is 0 Å². The fourth-order valence-corrected chi connectivity index (χ4v) is 1.53. The van der Waals surface area contributed by atoms with Crippen LogP contribution in [-0.2, 0) is 4.74 Å². The number of aromatic nitrogens is 3. The highest BCUT2D eigenvalue weighted by atomic mass is 16.5. The van der Waals surface area contributed by atoms with Crippen LogP contribution in [0.15, 0.2) is 24.3 Å². The van der Waals surface area contributed by atoms with E-state index in [1.165, 1.54) is 7.11 Å². The third-order valence-electron chi connectivity index (χ3n) is 2.53. The van der Waals surface area contributed by atoms with Crippen LogP contribution < -0.4 is 0 Å². The van der Waals surface area contributed by atoms with Gasteiger partial charge in [-0.2, -0.15) is 5.26 Å². The molecular formula is C12H10N4O2. The standard InChI is InChI=1S/C12H10N4O2/c1-8-11(7-13)14-15-16(8)10-5-3-9(4-6-10)12(17)18-2/h3-6H,1-2H3. The molecule has 0 fully saturated rings. The lowest BCUT2D eigenvalue weighted by molar-refractivity contribution is 0.0601. The fraction of sp³-hybridized carbons (Fsp3) is 0.167.